The zero-order valence-corrected chi connectivity index (χ0v) is 21.2. The Balaban J connectivity index is 1.90. The first-order chi connectivity index (χ1) is 15.8. The Kier molecular flexibility index (Phi) is 8.77. The summed E-state index contributed by atoms with van der Waals surface area (Å²) in [4.78, 5) is 11.0. The molecule has 0 aromatic carbocycles. The quantitative estimate of drug-likeness (QED) is 0.534. The number of hydrogen-bond acceptors (Lipinski definition) is 7. The van der Waals surface area contributed by atoms with Gasteiger partial charge in [-0.1, -0.05) is 20.3 Å². The van der Waals surface area contributed by atoms with Gasteiger partial charge in [-0.2, -0.15) is 10.1 Å². The van der Waals surface area contributed by atoms with Gasteiger partial charge in [0.05, 0.1) is 17.6 Å². The lowest BCUT2D eigenvalue weighted by atomic mass is 9.91. The molecular weight excluding hydrogens is 445 g/mol. The van der Waals surface area contributed by atoms with Crippen LogP contribution >= 0.6 is 0 Å². The molecule has 3 rings (SSSR count). The van der Waals surface area contributed by atoms with E-state index >= 15 is 4.39 Å². The largest absolute Gasteiger partial charge is 0.378 e. The predicted molar refractivity (Wildman–Crippen MR) is 129 cm³/mol. The maximum Gasteiger partial charge on any atom is 0.227 e. The molecule has 3 heterocycles. The number of ether oxygens (including phenoxy) is 1. The van der Waals surface area contributed by atoms with Gasteiger partial charge in [0.2, 0.25) is 5.95 Å². The zero-order valence-electron chi connectivity index (χ0n) is 20.4. The van der Waals surface area contributed by atoms with Gasteiger partial charge in [0, 0.05) is 49.8 Å². The molecule has 4 atom stereocenters. The Bertz CT molecular complexity index is 957. The predicted octanol–water partition coefficient (Wildman–Crippen LogP) is 3.68. The number of anilines is 3. The molecule has 0 aliphatic carbocycles. The van der Waals surface area contributed by atoms with Gasteiger partial charge in [0.25, 0.3) is 0 Å². The summed E-state index contributed by atoms with van der Waals surface area (Å²) in [6.45, 7) is 8.15. The van der Waals surface area contributed by atoms with Crippen molar-refractivity contribution in [2.75, 3.05) is 30.1 Å². The lowest BCUT2D eigenvalue weighted by molar-refractivity contribution is 0.169. The van der Waals surface area contributed by atoms with E-state index in [9.17, 15) is 4.21 Å². The number of nitrogens with zero attached hydrogens (tertiary/aromatic N) is 5. The molecule has 4 unspecified atom stereocenters. The molecule has 2 N–H and O–H groups in total. The Morgan fingerprint density at radius 2 is 2.12 bits per heavy atom. The fourth-order valence-corrected chi connectivity index (χ4v) is 5.81. The standard InChI is InChI=1S/C22H36FN7O2S/c1-7-9-16-12-17(11-15(4)30(16)33(31)8-2)29(5)22-24-18(13-32-6)20(23)21(26-22)25-19-10-14(3)27-28-19/h10,15-17H,7-9,11-13H2,1-6H3,(H2,24,25,26,27,28). The summed E-state index contributed by atoms with van der Waals surface area (Å²) in [6.07, 6.45) is 3.67. The SMILES string of the molecule is CCCC1CC(N(C)c2nc(COC)c(F)c(Nc3cc(C)[nH]n3)n2)CC(C)N1S(=O)CC. The van der Waals surface area contributed by atoms with Crippen LogP contribution in [0.15, 0.2) is 6.07 Å². The normalized spacial score (nSPS) is 22.3. The van der Waals surface area contributed by atoms with E-state index in [0.29, 0.717) is 17.5 Å². The molecule has 184 valence electrons. The number of hydrogen-bond donors (Lipinski definition) is 2. The summed E-state index contributed by atoms with van der Waals surface area (Å²) in [6, 6.07) is 2.30. The zero-order chi connectivity index (χ0) is 24.1. The number of rotatable bonds is 10. The molecule has 2 aromatic rings. The van der Waals surface area contributed by atoms with E-state index in [1.54, 1.807) is 6.07 Å². The Labute approximate surface area is 198 Å². The van der Waals surface area contributed by atoms with E-state index in [1.165, 1.54) is 7.11 Å². The second-order valence-corrected chi connectivity index (χ2v) is 10.3. The van der Waals surface area contributed by atoms with Crippen molar-refractivity contribution in [2.24, 2.45) is 0 Å². The average molecular weight is 482 g/mol. The summed E-state index contributed by atoms with van der Waals surface area (Å²) >= 11 is 0. The van der Waals surface area contributed by atoms with Crippen molar-refractivity contribution in [2.45, 2.75) is 78.1 Å². The van der Waals surface area contributed by atoms with Gasteiger partial charge in [0.1, 0.15) is 5.69 Å². The Hall–Kier alpha value is -2.11. The van der Waals surface area contributed by atoms with Crippen molar-refractivity contribution < 1.29 is 13.3 Å². The van der Waals surface area contributed by atoms with Gasteiger partial charge in [-0.05, 0) is 33.1 Å². The van der Waals surface area contributed by atoms with Gasteiger partial charge in [0.15, 0.2) is 17.5 Å². The molecule has 0 spiro atoms. The van der Waals surface area contributed by atoms with Crippen molar-refractivity contribution in [1.29, 1.82) is 0 Å². The molecule has 1 fully saturated rings. The van der Waals surface area contributed by atoms with Crippen molar-refractivity contribution in [3.63, 3.8) is 0 Å². The van der Waals surface area contributed by atoms with Crippen LogP contribution in [0.25, 0.3) is 0 Å². The maximum atomic E-state index is 15.1. The molecule has 0 radical (unpaired) electrons. The van der Waals surface area contributed by atoms with Crippen LogP contribution in [0.2, 0.25) is 0 Å². The van der Waals surface area contributed by atoms with E-state index in [0.717, 1.165) is 31.4 Å². The summed E-state index contributed by atoms with van der Waals surface area (Å²) in [5.74, 6) is 1.03. The number of piperidine rings is 1. The molecule has 9 nitrogen and oxygen atoms in total. The van der Waals surface area contributed by atoms with Crippen LogP contribution in [0.1, 0.15) is 57.8 Å². The van der Waals surface area contributed by atoms with Crippen molar-refractivity contribution in [3.8, 4) is 0 Å². The van der Waals surface area contributed by atoms with Crippen LogP contribution in [0.5, 0.6) is 0 Å². The van der Waals surface area contributed by atoms with Gasteiger partial charge >= 0.3 is 0 Å². The van der Waals surface area contributed by atoms with E-state index in [1.807, 2.05) is 25.8 Å². The lowest BCUT2D eigenvalue weighted by Crippen LogP contribution is -2.54. The molecule has 0 saturated carbocycles. The number of H-pyrrole nitrogens is 1. The van der Waals surface area contributed by atoms with Crippen LogP contribution in [0.4, 0.5) is 22.0 Å². The first-order valence-electron chi connectivity index (χ1n) is 11.5. The van der Waals surface area contributed by atoms with Crippen LogP contribution < -0.4 is 10.2 Å². The number of aryl methyl sites for hydroxylation is 1. The molecule has 2 aromatic heterocycles. The molecule has 1 aliphatic heterocycles. The average Bonchev–Trinajstić information content (AvgIpc) is 3.20. The van der Waals surface area contributed by atoms with Gasteiger partial charge in [-0.15, -0.1) is 0 Å². The second-order valence-electron chi connectivity index (χ2n) is 8.62. The van der Waals surface area contributed by atoms with E-state index in [-0.39, 0.29) is 36.2 Å². The minimum Gasteiger partial charge on any atom is -0.378 e. The molecule has 11 heteroatoms. The highest BCUT2D eigenvalue weighted by atomic mass is 32.2. The third-order valence-corrected chi connectivity index (χ3v) is 7.68. The number of methoxy groups -OCH3 is 1. The third-order valence-electron chi connectivity index (χ3n) is 6.06. The molecule has 33 heavy (non-hydrogen) atoms. The lowest BCUT2D eigenvalue weighted by Gasteiger charge is -2.45. The van der Waals surface area contributed by atoms with Crippen molar-refractivity contribution in [3.05, 3.63) is 23.3 Å². The van der Waals surface area contributed by atoms with E-state index < -0.39 is 16.8 Å². The maximum absolute atomic E-state index is 15.1. The van der Waals surface area contributed by atoms with E-state index in [2.05, 4.69) is 43.6 Å². The Morgan fingerprint density at radius 1 is 1.36 bits per heavy atom. The third kappa shape index (κ3) is 5.88. The first kappa shape index (κ1) is 25.5. The topological polar surface area (TPSA) is 99.3 Å². The Morgan fingerprint density at radius 3 is 2.73 bits per heavy atom. The number of aromatic nitrogens is 4. The molecule has 0 bridgehead atoms. The molecule has 1 aliphatic rings. The van der Waals surface area contributed by atoms with Crippen LogP contribution in [-0.2, 0) is 22.3 Å². The fraction of sp³-hybridized carbons (Fsp3) is 0.682. The smallest absolute Gasteiger partial charge is 0.227 e. The van der Waals surface area contributed by atoms with Crippen LogP contribution in [0, 0.1) is 12.7 Å². The fourth-order valence-electron chi connectivity index (χ4n) is 4.50. The van der Waals surface area contributed by atoms with Gasteiger partial charge in [-0.3, -0.25) is 5.10 Å². The number of halogens is 1. The summed E-state index contributed by atoms with van der Waals surface area (Å²) in [5, 5.41) is 9.92. The summed E-state index contributed by atoms with van der Waals surface area (Å²) < 4.78 is 35.1. The minimum atomic E-state index is -0.984. The van der Waals surface area contributed by atoms with Gasteiger partial charge < -0.3 is 15.0 Å². The monoisotopic (exact) mass is 481 g/mol. The highest BCUT2D eigenvalue weighted by molar-refractivity contribution is 7.82. The van der Waals surface area contributed by atoms with Crippen LogP contribution in [-0.4, -0.2) is 66.7 Å². The van der Waals surface area contributed by atoms with Crippen LogP contribution in [0.3, 0.4) is 0 Å². The van der Waals surface area contributed by atoms with E-state index in [4.69, 9.17) is 4.74 Å². The highest BCUT2D eigenvalue weighted by Crippen LogP contribution is 2.32. The van der Waals surface area contributed by atoms with Gasteiger partial charge in [-0.25, -0.2) is 17.9 Å². The minimum absolute atomic E-state index is 0.0340. The molecule has 0 amide bonds. The molecule has 1 saturated heterocycles. The number of nitrogens with one attached hydrogen (secondary N) is 2. The van der Waals surface area contributed by atoms with Crippen molar-refractivity contribution in [1.82, 2.24) is 24.5 Å². The second kappa shape index (κ2) is 11.3. The summed E-state index contributed by atoms with van der Waals surface area (Å²) in [5.41, 5.74) is 1.04. The first-order valence-corrected chi connectivity index (χ1v) is 12.8. The summed E-state index contributed by atoms with van der Waals surface area (Å²) in [7, 11) is 2.47. The van der Waals surface area contributed by atoms with Crippen molar-refractivity contribution >= 4 is 28.6 Å². The number of aromatic amines is 1. The molecular formula is C22H36FN7O2S. The highest BCUT2D eigenvalue weighted by Gasteiger charge is 2.38.